The summed E-state index contributed by atoms with van der Waals surface area (Å²) in [5.74, 6) is -0.505. The minimum atomic E-state index is -4.06. The lowest BCUT2D eigenvalue weighted by molar-refractivity contribution is 0.0950. The fourth-order valence-corrected chi connectivity index (χ4v) is 4.75. The lowest BCUT2D eigenvalue weighted by Crippen LogP contribution is -2.31. The first-order valence-electron chi connectivity index (χ1n) is 9.86. The smallest absolute Gasteiger partial charge is 0.264 e. The highest BCUT2D eigenvalue weighted by atomic mass is 35.5. The number of halogens is 2. The molecule has 1 N–H and O–H groups in total. The lowest BCUT2D eigenvalue weighted by Gasteiger charge is -2.23. The van der Waals surface area contributed by atoms with Crippen molar-refractivity contribution in [2.24, 2.45) is 0 Å². The molecule has 0 aliphatic heterocycles. The summed E-state index contributed by atoms with van der Waals surface area (Å²) in [4.78, 5) is 12.6. The standard InChI is InChI=1S/C24H22ClFN2O4S/c1-3-14-28(18-8-10-19(32-2)11-9-18)33(30,31)20-12-13-22(25)21(15-20)24(29)27-16-17-6-4-5-7-23(17)26/h3-13,15H,1,14,16H2,2H3,(H,27,29). The number of nitrogens with zero attached hydrogens (tertiary/aromatic N) is 1. The van der Waals surface area contributed by atoms with Crippen LogP contribution < -0.4 is 14.4 Å². The van der Waals surface area contributed by atoms with Crippen molar-refractivity contribution in [1.29, 1.82) is 0 Å². The fraction of sp³-hybridized carbons (Fsp3) is 0.125. The first kappa shape index (κ1) is 24.3. The molecule has 0 saturated carbocycles. The Kier molecular flexibility index (Phi) is 7.73. The molecule has 0 radical (unpaired) electrons. The molecule has 0 bridgehead atoms. The second-order valence-electron chi connectivity index (χ2n) is 6.94. The molecule has 0 heterocycles. The van der Waals surface area contributed by atoms with Gasteiger partial charge in [0.25, 0.3) is 15.9 Å². The largest absolute Gasteiger partial charge is 0.497 e. The normalized spacial score (nSPS) is 11.0. The van der Waals surface area contributed by atoms with Crippen LogP contribution in [0.15, 0.2) is 84.3 Å². The van der Waals surface area contributed by atoms with Gasteiger partial charge in [0.2, 0.25) is 0 Å². The maximum atomic E-state index is 13.8. The molecule has 3 aromatic carbocycles. The third-order valence-electron chi connectivity index (χ3n) is 4.82. The number of anilines is 1. The van der Waals surface area contributed by atoms with Crippen molar-refractivity contribution in [3.8, 4) is 5.75 Å². The summed E-state index contributed by atoms with van der Waals surface area (Å²) in [7, 11) is -2.55. The molecule has 172 valence electrons. The predicted molar refractivity (Wildman–Crippen MR) is 127 cm³/mol. The van der Waals surface area contributed by atoms with Crippen LogP contribution in [-0.4, -0.2) is 28.0 Å². The van der Waals surface area contributed by atoms with E-state index in [0.717, 1.165) is 4.31 Å². The molecule has 3 rings (SSSR count). The number of methoxy groups -OCH3 is 1. The summed E-state index contributed by atoms with van der Waals surface area (Å²) in [5, 5.41) is 2.64. The van der Waals surface area contributed by atoms with Crippen LogP contribution in [0.4, 0.5) is 10.1 Å². The lowest BCUT2D eigenvalue weighted by atomic mass is 10.2. The monoisotopic (exact) mass is 488 g/mol. The summed E-state index contributed by atoms with van der Waals surface area (Å²) < 4.78 is 46.9. The van der Waals surface area contributed by atoms with Crippen molar-refractivity contribution in [2.75, 3.05) is 18.0 Å². The molecule has 0 spiro atoms. The first-order chi connectivity index (χ1) is 15.8. The molecular formula is C24H22ClFN2O4S. The van der Waals surface area contributed by atoms with Gasteiger partial charge in [-0.25, -0.2) is 12.8 Å². The molecule has 0 aliphatic carbocycles. The van der Waals surface area contributed by atoms with Crippen molar-refractivity contribution >= 4 is 33.2 Å². The molecule has 0 unspecified atom stereocenters. The molecule has 0 saturated heterocycles. The van der Waals surface area contributed by atoms with E-state index >= 15 is 0 Å². The van der Waals surface area contributed by atoms with Gasteiger partial charge in [-0.15, -0.1) is 6.58 Å². The van der Waals surface area contributed by atoms with E-state index in [1.54, 1.807) is 42.5 Å². The van der Waals surface area contributed by atoms with E-state index in [4.69, 9.17) is 16.3 Å². The molecular weight excluding hydrogens is 467 g/mol. The van der Waals surface area contributed by atoms with E-state index in [0.29, 0.717) is 17.0 Å². The van der Waals surface area contributed by atoms with Crippen LogP contribution in [0.3, 0.4) is 0 Å². The average Bonchev–Trinajstić information content (AvgIpc) is 2.82. The van der Waals surface area contributed by atoms with E-state index in [-0.39, 0.29) is 28.6 Å². The molecule has 3 aromatic rings. The van der Waals surface area contributed by atoms with Gasteiger partial charge in [0.1, 0.15) is 11.6 Å². The van der Waals surface area contributed by atoms with Gasteiger partial charge >= 0.3 is 0 Å². The highest BCUT2D eigenvalue weighted by Crippen LogP contribution is 2.28. The third kappa shape index (κ3) is 5.53. The van der Waals surface area contributed by atoms with Crippen LogP contribution in [-0.2, 0) is 16.6 Å². The topological polar surface area (TPSA) is 75.7 Å². The number of ether oxygens (including phenoxy) is 1. The number of rotatable bonds is 9. The number of hydrogen-bond acceptors (Lipinski definition) is 4. The summed E-state index contributed by atoms with van der Waals surface area (Å²) in [5.41, 5.74) is 0.654. The van der Waals surface area contributed by atoms with E-state index in [2.05, 4.69) is 11.9 Å². The van der Waals surface area contributed by atoms with Crippen LogP contribution in [0.25, 0.3) is 0 Å². The van der Waals surface area contributed by atoms with Crippen LogP contribution in [0.2, 0.25) is 5.02 Å². The minimum absolute atomic E-state index is 0.00605. The second kappa shape index (κ2) is 10.5. The molecule has 6 nitrogen and oxygen atoms in total. The molecule has 1 amide bonds. The Balaban J connectivity index is 1.91. The average molecular weight is 489 g/mol. The van der Waals surface area contributed by atoms with Gasteiger partial charge in [0, 0.05) is 12.1 Å². The SMILES string of the molecule is C=CCN(c1ccc(OC)cc1)S(=O)(=O)c1ccc(Cl)c(C(=O)NCc2ccccc2F)c1. The fourth-order valence-electron chi connectivity index (χ4n) is 3.09. The quantitative estimate of drug-likeness (QED) is 0.439. The molecule has 9 heteroatoms. The zero-order chi connectivity index (χ0) is 24.0. The van der Waals surface area contributed by atoms with Gasteiger partial charge in [-0.3, -0.25) is 9.10 Å². The Labute approximate surface area is 197 Å². The Morgan fingerprint density at radius 1 is 1.15 bits per heavy atom. The summed E-state index contributed by atoms with van der Waals surface area (Å²) in [6, 6.07) is 16.4. The number of carbonyl (C=O) groups is 1. The van der Waals surface area contributed by atoms with Crippen molar-refractivity contribution in [2.45, 2.75) is 11.4 Å². The molecule has 0 aliphatic rings. The van der Waals surface area contributed by atoms with Gasteiger partial charge in [-0.1, -0.05) is 35.9 Å². The van der Waals surface area contributed by atoms with Crippen molar-refractivity contribution in [1.82, 2.24) is 5.32 Å². The van der Waals surface area contributed by atoms with Gasteiger partial charge < -0.3 is 10.1 Å². The van der Waals surface area contributed by atoms with Crippen LogP contribution >= 0.6 is 11.6 Å². The van der Waals surface area contributed by atoms with Crippen molar-refractivity contribution < 1.29 is 22.3 Å². The van der Waals surface area contributed by atoms with Crippen LogP contribution in [0.1, 0.15) is 15.9 Å². The number of benzene rings is 3. The Hall–Kier alpha value is -3.36. The second-order valence-corrected chi connectivity index (χ2v) is 9.21. The molecule has 0 atom stereocenters. The van der Waals surface area contributed by atoms with E-state index in [1.807, 2.05) is 0 Å². The minimum Gasteiger partial charge on any atom is -0.497 e. The molecule has 0 fully saturated rings. The van der Waals surface area contributed by atoms with Gasteiger partial charge in [-0.05, 0) is 48.5 Å². The van der Waals surface area contributed by atoms with Gasteiger partial charge in [0.05, 0.1) is 34.8 Å². The highest BCUT2D eigenvalue weighted by molar-refractivity contribution is 7.92. The molecule has 33 heavy (non-hydrogen) atoms. The van der Waals surface area contributed by atoms with E-state index in [9.17, 15) is 17.6 Å². The molecule has 0 aromatic heterocycles. The first-order valence-corrected chi connectivity index (χ1v) is 11.7. The summed E-state index contributed by atoms with van der Waals surface area (Å²) in [6.07, 6.45) is 1.46. The zero-order valence-corrected chi connectivity index (χ0v) is 19.4. The summed E-state index contributed by atoms with van der Waals surface area (Å²) in [6.45, 7) is 3.57. The maximum absolute atomic E-state index is 13.8. The Morgan fingerprint density at radius 3 is 2.48 bits per heavy atom. The third-order valence-corrected chi connectivity index (χ3v) is 6.94. The van der Waals surface area contributed by atoms with E-state index in [1.165, 1.54) is 37.5 Å². The van der Waals surface area contributed by atoms with E-state index < -0.39 is 21.7 Å². The summed E-state index contributed by atoms with van der Waals surface area (Å²) >= 11 is 6.17. The zero-order valence-electron chi connectivity index (χ0n) is 17.8. The maximum Gasteiger partial charge on any atom is 0.264 e. The highest BCUT2D eigenvalue weighted by Gasteiger charge is 2.26. The Morgan fingerprint density at radius 2 is 1.85 bits per heavy atom. The van der Waals surface area contributed by atoms with Crippen molar-refractivity contribution in [3.63, 3.8) is 0 Å². The number of carbonyl (C=O) groups excluding carboxylic acids is 1. The Bertz CT molecular complexity index is 1260. The van der Waals surface area contributed by atoms with Gasteiger partial charge in [0.15, 0.2) is 0 Å². The van der Waals surface area contributed by atoms with Crippen molar-refractivity contribution in [3.05, 3.63) is 101 Å². The number of hydrogen-bond donors (Lipinski definition) is 1. The number of sulfonamides is 1. The van der Waals surface area contributed by atoms with Crippen LogP contribution in [0, 0.1) is 5.82 Å². The predicted octanol–water partition coefficient (Wildman–Crippen LogP) is 4.80. The van der Waals surface area contributed by atoms with Gasteiger partial charge in [-0.2, -0.15) is 0 Å². The number of nitrogens with one attached hydrogen (secondary N) is 1. The number of amides is 1. The van der Waals surface area contributed by atoms with Crippen LogP contribution in [0.5, 0.6) is 5.75 Å².